The first-order valence-electron chi connectivity index (χ1n) is 7.21. The highest BCUT2D eigenvalue weighted by Gasteiger charge is 2.68. The number of amides is 1. The summed E-state index contributed by atoms with van der Waals surface area (Å²) in [4.78, 5) is 12.4. The third-order valence-electron chi connectivity index (χ3n) is 4.30. The summed E-state index contributed by atoms with van der Waals surface area (Å²) in [5.41, 5.74) is -3.51. The molecule has 0 saturated heterocycles. The molecule has 3 rings (SSSR count). The average Bonchev–Trinajstić information content (AvgIpc) is 2.81. The van der Waals surface area contributed by atoms with Crippen molar-refractivity contribution in [1.82, 2.24) is 5.01 Å². The lowest BCUT2D eigenvalue weighted by molar-refractivity contribution is -0.312. The van der Waals surface area contributed by atoms with Gasteiger partial charge in [0.25, 0.3) is 11.6 Å². The Balaban J connectivity index is 2.05. The van der Waals surface area contributed by atoms with E-state index in [1.54, 1.807) is 0 Å². The van der Waals surface area contributed by atoms with Crippen molar-refractivity contribution in [3.05, 3.63) is 35.6 Å². The van der Waals surface area contributed by atoms with E-state index >= 15 is 0 Å². The Morgan fingerprint density at radius 3 is 2.74 bits per heavy atom. The van der Waals surface area contributed by atoms with Crippen LogP contribution in [0.3, 0.4) is 0 Å². The van der Waals surface area contributed by atoms with Crippen molar-refractivity contribution in [3.63, 3.8) is 0 Å². The number of hydrogen-bond donors (Lipinski definition) is 1. The Hall–Kier alpha value is -1.96. The number of carbonyl (C=O) groups is 1. The highest BCUT2D eigenvalue weighted by molar-refractivity contribution is 5.99. The molecule has 4 nitrogen and oxygen atoms in total. The highest BCUT2D eigenvalue weighted by atomic mass is 19.4. The first kappa shape index (κ1) is 15.9. The largest absolute Gasteiger partial charge is 0.439 e. The molecular formula is C15H14F4N2O2. The number of hydrazone groups is 1. The number of aliphatic hydroxyl groups is 1. The maximum Gasteiger partial charge on any atom is 0.439 e. The van der Waals surface area contributed by atoms with Crippen LogP contribution >= 0.6 is 0 Å². The van der Waals surface area contributed by atoms with Crippen LogP contribution in [0.1, 0.15) is 36.0 Å². The van der Waals surface area contributed by atoms with Crippen molar-refractivity contribution in [1.29, 1.82) is 0 Å². The molecule has 1 aromatic carbocycles. The molecule has 8 heteroatoms. The van der Waals surface area contributed by atoms with Gasteiger partial charge in [0, 0.05) is 11.3 Å². The fraction of sp³-hybridized carbons (Fsp3) is 0.467. The summed E-state index contributed by atoms with van der Waals surface area (Å²) < 4.78 is 53.8. The molecule has 1 fully saturated rings. The zero-order valence-electron chi connectivity index (χ0n) is 12.0. The number of halogens is 4. The molecule has 0 radical (unpaired) electrons. The number of alkyl halides is 3. The summed E-state index contributed by atoms with van der Waals surface area (Å²) in [5.74, 6) is -3.20. The van der Waals surface area contributed by atoms with Gasteiger partial charge in [0.05, 0.1) is 5.92 Å². The summed E-state index contributed by atoms with van der Waals surface area (Å²) in [5, 5.41) is 14.2. The van der Waals surface area contributed by atoms with Crippen molar-refractivity contribution >= 4 is 11.6 Å². The molecule has 0 bridgehead atoms. The van der Waals surface area contributed by atoms with Crippen LogP contribution < -0.4 is 0 Å². The minimum absolute atomic E-state index is 0.0765. The van der Waals surface area contributed by atoms with Crippen LogP contribution in [0.4, 0.5) is 17.6 Å². The van der Waals surface area contributed by atoms with Crippen molar-refractivity contribution < 1.29 is 27.5 Å². The topological polar surface area (TPSA) is 52.9 Å². The average molecular weight is 330 g/mol. The summed E-state index contributed by atoms with van der Waals surface area (Å²) in [6.45, 7) is 0. The standard InChI is InChI=1S/C15H14F4N2O2/c16-10-5-3-4-9(8-10)13(22)21-14(23,15(17,18)19)11-6-1-2-7-12(11)20-21/h3-5,8,11,23H,1-2,6-7H2/t11-,14-/m1/s1. The van der Waals surface area contributed by atoms with E-state index in [1.807, 2.05) is 0 Å². The zero-order valence-corrected chi connectivity index (χ0v) is 12.0. The third kappa shape index (κ3) is 2.41. The van der Waals surface area contributed by atoms with Crippen molar-refractivity contribution in [2.24, 2.45) is 11.0 Å². The molecule has 0 aromatic heterocycles. The third-order valence-corrected chi connectivity index (χ3v) is 4.30. The zero-order chi connectivity index (χ0) is 16.8. The molecule has 1 amide bonds. The molecule has 2 aliphatic rings. The van der Waals surface area contributed by atoms with Gasteiger partial charge in [0.2, 0.25) is 0 Å². The minimum Gasteiger partial charge on any atom is -0.362 e. The van der Waals surface area contributed by atoms with E-state index in [0.29, 0.717) is 19.3 Å². The Bertz CT molecular complexity index is 674. The smallest absolute Gasteiger partial charge is 0.362 e. The predicted octanol–water partition coefficient (Wildman–Crippen LogP) is 3.08. The quantitative estimate of drug-likeness (QED) is 0.805. The molecule has 0 unspecified atom stereocenters. The van der Waals surface area contributed by atoms with Crippen LogP contribution in [-0.4, -0.2) is 33.6 Å². The second-order valence-electron chi connectivity index (χ2n) is 5.74. The molecule has 1 aromatic rings. The molecule has 1 heterocycles. The van der Waals surface area contributed by atoms with E-state index in [-0.39, 0.29) is 22.7 Å². The second-order valence-corrected chi connectivity index (χ2v) is 5.74. The van der Waals surface area contributed by atoms with E-state index in [2.05, 4.69) is 5.10 Å². The van der Waals surface area contributed by atoms with Crippen LogP contribution in [0.15, 0.2) is 29.4 Å². The summed E-state index contributed by atoms with van der Waals surface area (Å²) >= 11 is 0. The lowest BCUT2D eigenvalue weighted by Gasteiger charge is -2.38. The fourth-order valence-electron chi connectivity index (χ4n) is 3.16. The molecule has 0 spiro atoms. The molecule has 23 heavy (non-hydrogen) atoms. The molecule has 1 aliphatic heterocycles. The highest BCUT2D eigenvalue weighted by Crippen LogP contribution is 2.48. The maximum atomic E-state index is 13.5. The molecule has 2 atom stereocenters. The Morgan fingerprint density at radius 1 is 1.35 bits per heavy atom. The molecular weight excluding hydrogens is 316 g/mol. The minimum atomic E-state index is -5.07. The SMILES string of the molecule is O=C(c1cccc(F)c1)N1N=C2CCCC[C@H]2[C@@]1(O)C(F)(F)F. The van der Waals surface area contributed by atoms with Crippen LogP contribution in [0, 0.1) is 11.7 Å². The van der Waals surface area contributed by atoms with Gasteiger partial charge in [-0.3, -0.25) is 4.79 Å². The number of rotatable bonds is 1. The normalized spacial score (nSPS) is 27.6. The van der Waals surface area contributed by atoms with Gasteiger partial charge in [0.1, 0.15) is 5.82 Å². The number of hydrogen-bond acceptors (Lipinski definition) is 3. The van der Waals surface area contributed by atoms with Gasteiger partial charge in [-0.15, -0.1) is 0 Å². The van der Waals surface area contributed by atoms with E-state index < -0.39 is 29.5 Å². The van der Waals surface area contributed by atoms with Gasteiger partial charge in [-0.05, 0) is 37.5 Å². The Labute approximate surface area is 129 Å². The summed E-state index contributed by atoms with van der Waals surface area (Å²) in [6, 6.07) is 4.29. The van der Waals surface area contributed by atoms with Crippen molar-refractivity contribution in [3.8, 4) is 0 Å². The Kier molecular flexibility index (Phi) is 3.66. The monoisotopic (exact) mass is 330 g/mol. The van der Waals surface area contributed by atoms with Crippen molar-refractivity contribution in [2.45, 2.75) is 37.6 Å². The number of nitrogens with zero attached hydrogens (tertiary/aromatic N) is 2. The molecule has 1 aliphatic carbocycles. The maximum absolute atomic E-state index is 13.5. The van der Waals surface area contributed by atoms with Crippen molar-refractivity contribution in [2.75, 3.05) is 0 Å². The lowest BCUT2D eigenvalue weighted by atomic mass is 9.80. The molecule has 1 saturated carbocycles. The van der Waals surface area contributed by atoms with Crippen LogP contribution in [-0.2, 0) is 0 Å². The Morgan fingerprint density at radius 2 is 2.09 bits per heavy atom. The first-order chi connectivity index (χ1) is 10.7. The van der Waals surface area contributed by atoms with Gasteiger partial charge in [-0.25, -0.2) is 4.39 Å². The van der Waals surface area contributed by atoms with Gasteiger partial charge < -0.3 is 5.11 Å². The van der Waals surface area contributed by atoms with E-state index in [4.69, 9.17) is 0 Å². The number of carbonyl (C=O) groups excluding carboxylic acids is 1. The summed E-state index contributed by atoms with van der Waals surface area (Å²) in [7, 11) is 0. The van der Waals surface area contributed by atoms with Gasteiger partial charge in [-0.1, -0.05) is 12.5 Å². The van der Waals surface area contributed by atoms with Gasteiger partial charge >= 0.3 is 6.18 Å². The predicted molar refractivity (Wildman–Crippen MR) is 73.0 cm³/mol. The van der Waals surface area contributed by atoms with E-state index in [1.165, 1.54) is 12.1 Å². The second kappa shape index (κ2) is 5.30. The lowest BCUT2D eigenvalue weighted by Crippen LogP contribution is -2.61. The first-order valence-corrected chi connectivity index (χ1v) is 7.21. The molecule has 1 N–H and O–H groups in total. The van der Waals surface area contributed by atoms with Crippen LogP contribution in [0.5, 0.6) is 0 Å². The van der Waals surface area contributed by atoms with E-state index in [0.717, 1.165) is 12.1 Å². The summed E-state index contributed by atoms with van der Waals surface area (Å²) in [6.07, 6.45) is -3.49. The van der Waals surface area contributed by atoms with Gasteiger partial charge in [0.15, 0.2) is 0 Å². The molecule has 124 valence electrons. The van der Waals surface area contributed by atoms with Crippen LogP contribution in [0.25, 0.3) is 0 Å². The number of fused-ring (bicyclic) bond motifs is 1. The van der Waals surface area contributed by atoms with E-state index in [9.17, 15) is 27.5 Å². The fourth-order valence-corrected chi connectivity index (χ4v) is 3.16. The van der Waals surface area contributed by atoms with Gasteiger partial charge in [-0.2, -0.15) is 23.3 Å². The van der Waals surface area contributed by atoms with Crippen LogP contribution in [0.2, 0.25) is 0 Å². The number of benzene rings is 1.